The first-order valence-corrected chi connectivity index (χ1v) is 9.24. The number of amides is 1. The van der Waals surface area contributed by atoms with Crippen molar-refractivity contribution >= 4 is 22.9 Å². The summed E-state index contributed by atoms with van der Waals surface area (Å²) in [7, 11) is 0. The van der Waals surface area contributed by atoms with Gasteiger partial charge in [0.2, 0.25) is 0 Å². The molecule has 2 aromatic heterocycles. The quantitative estimate of drug-likeness (QED) is 0.553. The Morgan fingerprint density at radius 1 is 1.28 bits per heavy atom. The Kier molecular flexibility index (Phi) is 5.49. The van der Waals surface area contributed by atoms with Gasteiger partial charge in [0.15, 0.2) is 23.2 Å². The average Bonchev–Trinajstić information content (AvgIpc) is 3.31. The number of nitrogens with one attached hydrogen (secondary N) is 1. The number of aromatic nitrogens is 4. The molecule has 10 nitrogen and oxygen atoms in total. The number of aliphatic hydroxyl groups is 2. The van der Waals surface area contributed by atoms with Gasteiger partial charge in [-0.3, -0.25) is 9.36 Å². The van der Waals surface area contributed by atoms with Gasteiger partial charge in [-0.25, -0.2) is 15.0 Å². The van der Waals surface area contributed by atoms with Crippen molar-refractivity contribution in [2.75, 3.05) is 18.5 Å². The first-order valence-electron chi connectivity index (χ1n) is 9.24. The number of rotatable bonds is 6. The molecule has 0 unspecified atom stereocenters. The van der Waals surface area contributed by atoms with Crippen molar-refractivity contribution in [1.29, 1.82) is 0 Å². The maximum atomic E-state index is 12.5. The van der Waals surface area contributed by atoms with Crippen molar-refractivity contribution in [2.24, 2.45) is 0 Å². The largest absolute Gasteiger partial charge is 0.394 e. The molecule has 0 radical (unpaired) electrons. The molecule has 1 amide bonds. The molecule has 3 N–H and O–H groups in total. The summed E-state index contributed by atoms with van der Waals surface area (Å²) in [4.78, 5) is 25.2. The highest BCUT2D eigenvalue weighted by molar-refractivity contribution is 6.06. The number of benzene rings is 1. The van der Waals surface area contributed by atoms with E-state index in [-0.39, 0.29) is 18.3 Å². The van der Waals surface area contributed by atoms with E-state index in [1.165, 1.54) is 12.7 Å². The molecule has 3 heterocycles. The Bertz CT molecular complexity index is 995. The molecule has 152 valence electrons. The second kappa shape index (κ2) is 8.21. The van der Waals surface area contributed by atoms with E-state index in [1.807, 2.05) is 13.0 Å². The van der Waals surface area contributed by atoms with Crippen molar-refractivity contribution < 1.29 is 24.5 Å². The number of fused-ring (bicyclic) bond motifs is 1. The van der Waals surface area contributed by atoms with E-state index in [1.54, 1.807) is 28.8 Å². The maximum absolute atomic E-state index is 12.5. The zero-order valence-electron chi connectivity index (χ0n) is 15.7. The Balaban J connectivity index is 1.66. The molecule has 10 heteroatoms. The normalized spacial score (nSPS) is 24.1. The van der Waals surface area contributed by atoms with Crippen LogP contribution < -0.4 is 5.32 Å². The third kappa shape index (κ3) is 3.58. The van der Waals surface area contributed by atoms with Crippen LogP contribution in [0.15, 0.2) is 43.0 Å². The van der Waals surface area contributed by atoms with Crippen LogP contribution in [0.2, 0.25) is 0 Å². The van der Waals surface area contributed by atoms with E-state index < -0.39 is 24.5 Å². The van der Waals surface area contributed by atoms with Gasteiger partial charge in [0.25, 0.3) is 5.91 Å². The first kappa shape index (κ1) is 19.4. The van der Waals surface area contributed by atoms with E-state index in [4.69, 9.17) is 9.47 Å². The topological polar surface area (TPSA) is 132 Å². The van der Waals surface area contributed by atoms with Gasteiger partial charge < -0.3 is 25.0 Å². The van der Waals surface area contributed by atoms with E-state index in [0.717, 1.165) is 0 Å². The lowest BCUT2D eigenvalue weighted by atomic mass is 10.1. The minimum absolute atomic E-state index is 0.257. The lowest BCUT2D eigenvalue weighted by Crippen LogP contribution is -2.35. The van der Waals surface area contributed by atoms with E-state index in [9.17, 15) is 15.0 Å². The van der Waals surface area contributed by atoms with E-state index in [2.05, 4.69) is 20.3 Å². The number of nitrogens with zero attached hydrogens (tertiary/aromatic N) is 4. The molecule has 29 heavy (non-hydrogen) atoms. The monoisotopic (exact) mass is 399 g/mol. The molecule has 1 aliphatic heterocycles. The number of carbonyl (C=O) groups excluding carboxylic acids is 1. The van der Waals surface area contributed by atoms with Gasteiger partial charge in [0.05, 0.1) is 12.9 Å². The lowest BCUT2D eigenvalue weighted by Gasteiger charge is -2.21. The first-order chi connectivity index (χ1) is 14.1. The number of ether oxygens (including phenoxy) is 2. The van der Waals surface area contributed by atoms with Gasteiger partial charge >= 0.3 is 0 Å². The van der Waals surface area contributed by atoms with Crippen molar-refractivity contribution in [2.45, 2.75) is 31.5 Å². The molecule has 4 rings (SSSR count). The molecule has 4 atom stereocenters. The predicted octanol–water partition coefficient (Wildman–Crippen LogP) is 0.734. The Morgan fingerprint density at radius 3 is 2.79 bits per heavy atom. The summed E-state index contributed by atoms with van der Waals surface area (Å²) in [6, 6.07) is 8.76. The van der Waals surface area contributed by atoms with Gasteiger partial charge in [0, 0.05) is 12.2 Å². The van der Waals surface area contributed by atoms with E-state index >= 15 is 0 Å². The van der Waals surface area contributed by atoms with Gasteiger partial charge in [0.1, 0.15) is 24.6 Å². The SMILES string of the molecule is CCO[C@@H]1[C@H](O)[C@@H](CO)O[C@H]1n1cnc2c(NC(=O)c3ccccc3)ncnc21. The number of aliphatic hydroxyl groups excluding tert-OH is 2. The third-order valence-electron chi connectivity index (χ3n) is 4.75. The highest BCUT2D eigenvalue weighted by atomic mass is 16.6. The fraction of sp³-hybridized carbons (Fsp3) is 0.368. The number of anilines is 1. The standard InChI is InChI=1S/C19H21N5O5/c1-2-28-15-14(26)12(8-25)29-19(15)24-10-22-13-16(20-9-21-17(13)24)23-18(27)11-6-4-3-5-7-11/h3-7,9-10,12,14-15,19,25-26H,2,8H2,1H3,(H,20,21,23,27)/t12-,14-,15-,19-/m1/s1. The van der Waals surface area contributed by atoms with Crippen molar-refractivity contribution in [3.63, 3.8) is 0 Å². The zero-order valence-corrected chi connectivity index (χ0v) is 15.7. The minimum atomic E-state index is -0.999. The van der Waals surface area contributed by atoms with Crippen LogP contribution in [0.4, 0.5) is 5.82 Å². The van der Waals surface area contributed by atoms with Crippen LogP contribution in [0.1, 0.15) is 23.5 Å². The molecule has 1 fully saturated rings. The Hall–Kier alpha value is -2.92. The smallest absolute Gasteiger partial charge is 0.256 e. The molecule has 0 spiro atoms. The average molecular weight is 399 g/mol. The van der Waals surface area contributed by atoms with E-state index in [0.29, 0.717) is 23.3 Å². The van der Waals surface area contributed by atoms with Gasteiger partial charge in [-0.15, -0.1) is 0 Å². The fourth-order valence-corrected chi connectivity index (χ4v) is 3.36. The third-order valence-corrected chi connectivity index (χ3v) is 4.75. The molecule has 3 aromatic rings. The van der Waals surface area contributed by atoms with Crippen molar-refractivity contribution in [1.82, 2.24) is 19.5 Å². The second-order valence-electron chi connectivity index (χ2n) is 6.52. The summed E-state index contributed by atoms with van der Waals surface area (Å²) in [5, 5.41) is 22.6. The number of carbonyl (C=O) groups is 1. The Morgan fingerprint density at radius 2 is 2.07 bits per heavy atom. The lowest BCUT2D eigenvalue weighted by molar-refractivity contribution is -0.0676. The van der Waals surface area contributed by atoms with Crippen LogP contribution in [0, 0.1) is 0 Å². The molecule has 1 aliphatic rings. The summed E-state index contributed by atoms with van der Waals surface area (Å²) in [6.45, 7) is 1.82. The Labute approximate surface area is 166 Å². The van der Waals surface area contributed by atoms with Crippen molar-refractivity contribution in [3.8, 4) is 0 Å². The zero-order chi connectivity index (χ0) is 20.4. The van der Waals surface area contributed by atoms with Crippen LogP contribution in [0.5, 0.6) is 0 Å². The summed E-state index contributed by atoms with van der Waals surface area (Å²) >= 11 is 0. The van der Waals surface area contributed by atoms with Crippen LogP contribution in [-0.4, -0.2) is 67.2 Å². The fourth-order valence-electron chi connectivity index (χ4n) is 3.36. The van der Waals surface area contributed by atoms with Crippen LogP contribution in [0.3, 0.4) is 0 Å². The molecular formula is C19H21N5O5. The molecule has 0 aliphatic carbocycles. The molecule has 0 saturated carbocycles. The second-order valence-corrected chi connectivity index (χ2v) is 6.52. The van der Waals surface area contributed by atoms with Crippen molar-refractivity contribution in [3.05, 3.63) is 48.5 Å². The highest BCUT2D eigenvalue weighted by Crippen LogP contribution is 2.34. The van der Waals surface area contributed by atoms with Gasteiger partial charge in [-0.1, -0.05) is 18.2 Å². The highest BCUT2D eigenvalue weighted by Gasteiger charge is 2.45. The molecule has 1 saturated heterocycles. The molecular weight excluding hydrogens is 378 g/mol. The maximum Gasteiger partial charge on any atom is 0.256 e. The minimum Gasteiger partial charge on any atom is -0.394 e. The summed E-state index contributed by atoms with van der Waals surface area (Å²) in [5.41, 5.74) is 1.27. The van der Waals surface area contributed by atoms with Crippen LogP contribution in [0.25, 0.3) is 11.2 Å². The number of hydrogen-bond acceptors (Lipinski definition) is 8. The predicted molar refractivity (Wildman–Crippen MR) is 102 cm³/mol. The van der Waals surface area contributed by atoms with Crippen LogP contribution >= 0.6 is 0 Å². The van der Waals surface area contributed by atoms with Crippen LogP contribution in [-0.2, 0) is 9.47 Å². The summed E-state index contributed by atoms with van der Waals surface area (Å²) in [6.07, 6.45) is -0.423. The summed E-state index contributed by atoms with van der Waals surface area (Å²) < 4.78 is 13.0. The summed E-state index contributed by atoms with van der Waals surface area (Å²) in [5.74, 6) is -0.0620. The number of hydrogen-bond donors (Lipinski definition) is 3. The molecule has 1 aromatic carbocycles. The molecule has 0 bridgehead atoms. The van der Waals surface area contributed by atoms with Gasteiger partial charge in [-0.2, -0.15) is 0 Å². The van der Waals surface area contributed by atoms with Gasteiger partial charge in [-0.05, 0) is 19.1 Å². The number of imidazole rings is 1.